The van der Waals surface area contributed by atoms with Crippen molar-refractivity contribution < 1.29 is 22.3 Å². The lowest BCUT2D eigenvalue weighted by atomic mass is 9.78. The van der Waals surface area contributed by atoms with Gasteiger partial charge in [-0.1, -0.05) is 12.1 Å². The van der Waals surface area contributed by atoms with Gasteiger partial charge in [0.25, 0.3) is 0 Å². The molecule has 0 saturated heterocycles. The van der Waals surface area contributed by atoms with E-state index < -0.39 is 15.6 Å². The van der Waals surface area contributed by atoms with Crippen molar-refractivity contribution in [2.75, 3.05) is 0 Å². The van der Waals surface area contributed by atoms with Gasteiger partial charge in [-0.3, -0.25) is 0 Å². The number of alkyl halides is 2. The van der Waals surface area contributed by atoms with Crippen molar-refractivity contribution in [3.63, 3.8) is 0 Å². The Kier molecular flexibility index (Phi) is 3.18. The highest BCUT2D eigenvalue weighted by Crippen LogP contribution is 2.37. The SMILES string of the molecule is O=S(=O)(c1ccc(C2CC(O)C2)cc1)C(F)F. The second-order valence-electron chi connectivity index (χ2n) is 4.20. The van der Waals surface area contributed by atoms with Crippen molar-refractivity contribution in [1.29, 1.82) is 0 Å². The first-order valence-electron chi connectivity index (χ1n) is 5.21. The Bertz CT molecular complexity index is 490. The van der Waals surface area contributed by atoms with Gasteiger partial charge in [0, 0.05) is 0 Å². The maximum Gasteiger partial charge on any atom is 0.341 e. The lowest BCUT2D eigenvalue weighted by Crippen LogP contribution is -2.26. The average molecular weight is 262 g/mol. The largest absolute Gasteiger partial charge is 0.393 e. The van der Waals surface area contributed by atoms with Gasteiger partial charge in [0.2, 0.25) is 9.84 Å². The third-order valence-electron chi connectivity index (χ3n) is 3.03. The van der Waals surface area contributed by atoms with Crippen LogP contribution in [0.25, 0.3) is 0 Å². The molecule has 1 N–H and O–H groups in total. The molecule has 3 nitrogen and oxygen atoms in total. The minimum absolute atomic E-state index is 0.202. The number of aliphatic hydroxyl groups is 1. The van der Waals surface area contributed by atoms with Gasteiger partial charge in [-0.25, -0.2) is 8.42 Å². The second-order valence-corrected chi connectivity index (χ2v) is 6.11. The molecule has 0 heterocycles. The number of benzene rings is 1. The smallest absolute Gasteiger partial charge is 0.341 e. The van der Waals surface area contributed by atoms with E-state index in [0.717, 1.165) is 5.56 Å². The van der Waals surface area contributed by atoms with E-state index in [1.54, 1.807) is 0 Å². The van der Waals surface area contributed by atoms with Crippen LogP contribution in [-0.2, 0) is 9.84 Å². The molecule has 94 valence electrons. The van der Waals surface area contributed by atoms with Crippen molar-refractivity contribution >= 4 is 9.84 Å². The summed E-state index contributed by atoms with van der Waals surface area (Å²) in [5.74, 6) is -3.19. The van der Waals surface area contributed by atoms with Crippen molar-refractivity contribution in [1.82, 2.24) is 0 Å². The summed E-state index contributed by atoms with van der Waals surface area (Å²) in [7, 11) is -4.50. The van der Waals surface area contributed by atoms with Crippen LogP contribution in [-0.4, -0.2) is 25.4 Å². The highest BCUT2D eigenvalue weighted by Gasteiger charge is 2.30. The summed E-state index contributed by atoms with van der Waals surface area (Å²) in [4.78, 5) is -0.365. The zero-order valence-corrected chi connectivity index (χ0v) is 9.70. The predicted molar refractivity (Wildman–Crippen MR) is 57.6 cm³/mol. The normalized spacial score (nSPS) is 24.7. The van der Waals surface area contributed by atoms with Crippen LogP contribution >= 0.6 is 0 Å². The molecule has 17 heavy (non-hydrogen) atoms. The van der Waals surface area contributed by atoms with Crippen LogP contribution in [0.3, 0.4) is 0 Å². The Morgan fingerprint density at radius 2 is 1.71 bits per heavy atom. The summed E-state index contributed by atoms with van der Waals surface area (Å²) in [6.07, 6.45) is 0.978. The fourth-order valence-corrected chi connectivity index (χ4v) is 2.61. The van der Waals surface area contributed by atoms with Crippen LogP contribution in [0.4, 0.5) is 8.78 Å². The van der Waals surface area contributed by atoms with E-state index in [-0.39, 0.29) is 16.9 Å². The van der Waals surface area contributed by atoms with Gasteiger partial charge in [-0.15, -0.1) is 0 Å². The molecule has 0 bridgehead atoms. The van der Waals surface area contributed by atoms with Crippen molar-refractivity contribution in [3.05, 3.63) is 29.8 Å². The van der Waals surface area contributed by atoms with E-state index in [4.69, 9.17) is 5.11 Å². The number of aliphatic hydroxyl groups excluding tert-OH is 1. The minimum Gasteiger partial charge on any atom is -0.393 e. The highest BCUT2D eigenvalue weighted by molar-refractivity contribution is 7.91. The molecule has 6 heteroatoms. The van der Waals surface area contributed by atoms with Crippen LogP contribution in [0.2, 0.25) is 0 Å². The van der Waals surface area contributed by atoms with Crippen molar-refractivity contribution in [3.8, 4) is 0 Å². The third kappa shape index (κ3) is 2.32. The molecule has 1 saturated carbocycles. The molecule has 0 unspecified atom stereocenters. The van der Waals surface area contributed by atoms with Crippen LogP contribution < -0.4 is 0 Å². The maximum atomic E-state index is 12.3. The van der Waals surface area contributed by atoms with E-state index >= 15 is 0 Å². The van der Waals surface area contributed by atoms with Crippen LogP contribution in [0.5, 0.6) is 0 Å². The molecule has 1 aliphatic rings. The summed E-state index contributed by atoms with van der Waals surface area (Å²) in [5.41, 5.74) is 0.878. The average Bonchev–Trinajstić information content (AvgIpc) is 2.25. The van der Waals surface area contributed by atoms with Gasteiger partial charge in [0.1, 0.15) is 0 Å². The van der Waals surface area contributed by atoms with Gasteiger partial charge in [0.05, 0.1) is 11.0 Å². The van der Waals surface area contributed by atoms with Crippen molar-refractivity contribution in [2.24, 2.45) is 0 Å². The Hall–Kier alpha value is -1.01. The first-order chi connectivity index (χ1) is 7.91. The molecule has 1 aliphatic carbocycles. The molecule has 0 aromatic heterocycles. The quantitative estimate of drug-likeness (QED) is 0.905. The van der Waals surface area contributed by atoms with E-state index in [1.807, 2.05) is 0 Å². The number of rotatable bonds is 3. The molecule has 0 aliphatic heterocycles. The highest BCUT2D eigenvalue weighted by atomic mass is 32.2. The summed E-state index contributed by atoms with van der Waals surface area (Å²) in [5, 5.41) is 9.14. The summed E-state index contributed by atoms with van der Waals surface area (Å²) in [6.45, 7) is 0. The Balaban J connectivity index is 2.19. The van der Waals surface area contributed by atoms with Gasteiger partial charge in [-0.2, -0.15) is 8.78 Å². The molecule has 0 atom stereocenters. The maximum absolute atomic E-state index is 12.3. The van der Waals surface area contributed by atoms with Crippen LogP contribution in [0.1, 0.15) is 24.3 Å². The zero-order chi connectivity index (χ0) is 12.6. The van der Waals surface area contributed by atoms with Gasteiger partial charge in [-0.05, 0) is 36.5 Å². The minimum atomic E-state index is -4.50. The molecule has 1 fully saturated rings. The summed E-state index contributed by atoms with van der Waals surface area (Å²) >= 11 is 0. The number of sulfone groups is 1. The third-order valence-corrected chi connectivity index (χ3v) is 4.43. The first kappa shape index (κ1) is 12.4. The topological polar surface area (TPSA) is 54.4 Å². The predicted octanol–water partition coefficient (Wildman–Crippen LogP) is 1.92. The Morgan fingerprint density at radius 1 is 1.18 bits per heavy atom. The van der Waals surface area contributed by atoms with E-state index in [0.29, 0.717) is 12.8 Å². The van der Waals surface area contributed by atoms with Gasteiger partial charge in [0.15, 0.2) is 0 Å². The molecular formula is C11H12F2O3S. The summed E-state index contributed by atoms with van der Waals surface area (Å²) in [6, 6.07) is 5.46. The monoisotopic (exact) mass is 262 g/mol. The molecule has 1 aromatic rings. The molecular weight excluding hydrogens is 250 g/mol. The van der Waals surface area contributed by atoms with Crippen LogP contribution in [0, 0.1) is 0 Å². The zero-order valence-electron chi connectivity index (χ0n) is 8.88. The number of hydrogen-bond donors (Lipinski definition) is 1. The number of hydrogen-bond acceptors (Lipinski definition) is 3. The standard InChI is InChI=1S/C11H12F2O3S/c12-11(13)17(15,16)10-3-1-7(2-4-10)8-5-9(14)6-8/h1-4,8-9,11,14H,5-6H2. The number of halogens is 2. The lowest BCUT2D eigenvalue weighted by molar-refractivity contribution is 0.0746. The fourth-order valence-electron chi connectivity index (χ4n) is 1.89. The molecule has 0 radical (unpaired) electrons. The fraction of sp³-hybridized carbons (Fsp3) is 0.455. The molecule has 1 aromatic carbocycles. The van der Waals surface area contributed by atoms with Crippen molar-refractivity contribution in [2.45, 2.75) is 35.5 Å². The Labute approximate surface area is 98.0 Å². The second kappa shape index (κ2) is 4.34. The van der Waals surface area contributed by atoms with E-state index in [2.05, 4.69) is 0 Å². The van der Waals surface area contributed by atoms with E-state index in [1.165, 1.54) is 24.3 Å². The lowest BCUT2D eigenvalue weighted by Gasteiger charge is -2.31. The van der Waals surface area contributed by atoms with E-state index in [9.17, 15) is 17.2 Å². The van der Waals surface area contributed by atoms with Gasteiger partial charge < -0.3 is 5.11 Å². The van der Waals surface area contributed by atoms with Gasteiger partial charge >= 0.3 is 5.76 Å². The molecule has 0 amide bonds. The van der Waals surface area contributed by atoms with Crippen LogP contribution in [0.15, 0.2) is 29.2 Å². The summed E-state index contributed by atoms with van der Waals surface area (Å²) < 4.78 is 46.8. The molecule has 2 rings (SSSR count). The first-order valence-corrected chi connectivity index (χ1v) is 6.76. The Morgan fingerprint density at radius 3 is 2.12 bits per heavy atom. The molecule has 0 spiro atoms.